The Morgan fingerprint density at radius 3 is 2.61 bits per heavy atom. The molecule has 188 valence electrons. The first-order valence-corrected chi connectivity index (χ1v) is 12.8. The average molecular weight is 531 g/mol. The molecule has 3 aliphatic rings. The van der Waals surface area contributed by atoms with Crippen molar-refractivity contribution in [1.29, 1.82) is 0 Å². The summed E-state index contributed by atoms with van der Waals surface area (Å²) in [5, 5.41) is 16.8. The lowest BCUT2D eigenvalue weighted by Gasteiger charge is -2.30. The molecule has 2 saturated carbocycles. The Balaban J connectivity index is 1.38. The van der Waals surface area contributed by atoms with E-state index in [0.717, 1.165) is 0 Å². The molecule has 2 aromatic rings. The van der Waals surface area contributed by atoms with Crippen molar-refractivity contribution in [3.8, 4) is 0 Å². The summed E-state index contributed by atoms with van der Waals surface area (Å²) in [5.74, 6) is -4.00. The number of benzene rings is 1. The van der Waals surface area contributed by atoms with E-state index in [4.69, 9.17) is 11.6 Å². The smallest absolute Gasteiger partial charge is 0.309 e. The van der Waals surface area contributed by atoms with Gasteiger partial charge in [-0.05, 0) is 37.8 Å². The first-order valence-electron chi connectivity index (χ1n) is 11.5. The van der Waals surface area contributed by atoms with Crippen LogP contribution in [0.15, 0.2) is 35.2 Å². The number of likely N-dealkylation sites (tertiary alicyclic amines) is 1. The van der Waals surface area contributed by atoms with E-state index in [9.17, 15) is 29.1 Å². The maximum atomic E-state index is 13.9. The minimum Gasteiger partial charge on any atom is -0.481 e. The largest absolute Gasteiger partial charge is 0.481 e. The minimum atomic E-state index is -1.45. The van der Waals surface area contributed by atoms with Crippen molar-refractivity contribution >= 4 is 52.9 Å². The zero-order valence-electron chi connectivity index (χ0n) is 19.0. The molecule has 1 aromatic heterocycles. The number of nitrogens with one attached hydrogen (secondary N) is 2. The number of carboxylic acid groups (broad SMARTS) is 1. The maximum Gasteiger partial charge on any atom is 0.309 e. The third-order valence-corrected chi connectivity index (χ3v) is 8.22. The second-order valence-corrected chi connectivity index (χ2v) is 10.6. The Morgan fingerprint density at radius 2 is 1.97 bits per heavy atom. The predicted octanol–water partition coefficient (Wildman–Crippen LogP) is 1.60. The van der Waals surface area contributed by atoms with Gasteiger partial charge in [0, 0.05) is 17.8 Å². The Labute approximate surface area is 215 Å². The zero-order chi connectivity index (χ0) is 25.7. The number of aliphatic carboxylic acids is 1. The van der Waals surface area contributed by atoms with E-state index in [-0.39, 0.29) is 22.9 Å². The zero-order valence-corrected chi connectivity index (χ0v) is 20.6. The molecule has 0 bridgehead atoms. The maximum absolute atomic E-state index is 13.9. The number of halogens is 1. The summed E-state index contributed by atoms with van der Waals surface area (Å²) in [7, 11) is 0. The number of carbonyl (C=O) groups is 5. The summed E-state index contributed by atoms with van der Waals surface area (Å²) < 4.78 is 0. The van der Waals surface area contributed by atoms with Crippen molar-refractivity contribution in [3.05, 3.63) is 51.4 Å². The van der Waals surface area contributed by atoms with Crippen LogP contribution in [0.3, 0.4) is 0 Å². The summed E-state index contributed by atoms with van der Waals surface area (Å²) in [5.41, 5.74) is -0.182. The van der Waals surface area contributed by atoms with Crippen LogP contribution in [0, 0.1) is 5.92 Å². The van der Waals surface area contributed by atoms with Crippen molar-refractivity contribution in [2.45, 2.75) is 48.7 Å². The molecule has 1 aliphatic heterocycles. The van der Waals surface area contributed by atoms with Gasteiger partial charge in [-0.3, -0.25) is 19.2 Å². The first kappa shape index (κ1) is 24.4. The molecule has 3 amide bonds. The van der Waals surface area contributed by atoms with Crippen LogP contribution in [0.1, 0.15) is 47.7 Å². The molecule has 1 aromatic carbocycles. The molecule has 2 aliphatic carbocycles. The van der Waals surface area contributed by atoms with Crippen LogP contribution >= 0.6 is 22.9 Å². The molecule has 2 unspecified atom stereocenters. The quantitative estimate of drug-likeness (QED) is 0.439. The number of aldehydes is 1. The van der Waals surface area contributed by atoms with E-state index >= 15 is 0 Å². The van der Waals surface area contributed by atoms with Gasteiger partial charge in [-0.2, -0.15) is 0 Å². The summed E-state index contributed by atoms with van der Waals surface area (Å²) in [6, 6.07) is 5.64. The summed E-state index contributed by atoms with van der Waals surface area (Å²) in [4.78, 5) is 68.8. The van der Waals surface area contributed by atoms with E-state index in [1.165, 1.54) is 16.2 Å². The van der Waals surface area contributed by atoms with Crippen LogP contribution in [0.4, 0.5) is 0 Å². The number of rotatable bonds is 8. The van der Waals surface area contributed by atoms with Crippen LogP contribution in [-0.2, 0) is 19.2 Å². The fraction of sp³-hybridized carbons (Fsp3) is 0.417. The van der Waals surface area contributed by atoms with Gasteiger partial charge in [0.1, 0.15) is 23.4 Å². The van der Waals surface area contributed by atoms with Gasteiger partial charge in [0.05, 0.1) is 27.7 Å². The molecule has 3 N–H and O–H groups in total. The fourth-order valence-corrected chi connectivity index (χ4v) is 5.92. The fourth-order valence-electron chi connectivity index (χ4n) is 5.09. The molecular formula is C24H23ClN4O6S. The van der Waals surface area contributed by atoms with Gasteiger partial charge in [0.15, 0.2) is 0 Å². The Kier molecular flexibility index (Phi) is 6.08. The van der Waals surface area contributed by atoms with E-state index in [1.807, 2.05) is 5.38 Å². The topological polar surface area (TPSA) is 146 Å². The van der Waals surface area contributed by atoms with Crippen molar-refractivity contribution in [1.82, 2.24) is 20.5 Å². The van der Waals surface area contributed by atoms with Gasteiger partial charge < -0.3 is 25.4 Å². The number of carbonyl (C=O) groups excluding carboxylic acids is 4. The molecular weight excluding hydrogens is 508 g/mol. The number of aromatic nitrogens is 1. The number of hydrogen-bond donors (Lipinski definition) is 3. The van der Waals surface area contributed by atoms with E-state index in [0.29, 0.717) is 37.8 Å². The molecule has 5 rings (SSSR count). The number of hydrogen-bond acceptors (Lipinski definition) is 7. The average Bonchev–Trinajstić information content (AvgIpc) is 3.55. The van der Waals surface area contributed by atoms with Crippen LogP contribution < -0.4 is 10.6 Å². The highest BCUT2D eigenvalue weighted by atomic mass is 35.5. The van der Waals surface area contributed by atoms with E-state index < -0.39 is 46.7 Å². The second kappa shape index (κ2) is 8.97. The van der Waals surface area contributed by atoms with Crippen molar-refractivity contribution in [3.63, 3.8) is 0 Å². The van der Waals surface area contributed by atoms with Crippen LogP contribution in [0.2, 0.25) is 5.02 Å². The predicted molar refractivity (Wildman–Crippen MR) is 129 cm³/mol. The number of amides is 3. The first-order chi connectivity index (χ1) is 17.2. The summed E-state index contributed by atoms with van der Waals surface area (Å²) in [6.45, 7) is 0.293. The molecule has 0 radical (unpaired) electrons. The van der Waals surface area contributed by atoms with Gasteiger partial charge in [-0.25, -0.2) is 4.98 Å². The van der Waals surface area contributed by atoms with Crippen molar-refractivity contribution in [2.75, 3.05) is 6.54 Å². The Morgan fingerprint density at radius 1 is 1.19 bits per heavy atom. The van der Waals surface area contributed by atoms with E-state index in [2.05, 4.69) is 15.6 Å². The minimum absolute atomic E-state index is 0.0158. The lowest BCUT2D eigenvalue weighted by atomic mass is 10.1. The molecule has 3 fully saturated rings. The van der Waals surface area contributed by atoms with Crippen molar-refractivity contribution in [2.24, 2.45) is 5.92 Å². The van der Waals surface area contributed by atoms with Crippen LogP contribution in [0.25, 0.3) is 0 Å². The molecule has 10 nitrogen and oxygen atoms in total. The summed E-state index contributed by atoms with van der Waals surface area (Å²) >= 11 is 7.58. The molecule has 36 heavy (non-hydrogen) atoms. The molecule has 0 spiro atoms. The second-order valence-electron chi connectivity index (χ2n) is 9.47. The third kappa shape index (κ3) is 4.05. The Bertz CT molecular complexity index is 1250. The van der Waals surface area contributed by atoms with Gasteiger partial charge in [0.2, 0.25) is 11.8 Å². The van der Waals surface area contributed by atoms with Gasteiger partial charge in [-0.15, -0.1) is 11.3 Å². The number of carboxylic acids is 1. The van der Waals surface area contributed by atoms with Gasteiger partial charge in [-0.1, -0.05) is 23.7 Å². The molecule has 2 heterocycles. The molecule has 5 atom stereocenters. The van der Waals surface area contributed by atoms with Gasteiger partial charge >= 0.3 is 5.97 Å². The van der Waals surface area contributed by atoms with Crippen LogP contribution in [-0.4, -0.2) is 68.6 Å². The van der Waals surface area contributed by atoms with Crippen molar-refractivity contribution < 1.29 is 29.1 Å². The normalized spacial score (nSPS) is 30.4. The highest BCUT2D eigenvalue weighted by Crippen LogP contribution is 2.53. The highest BCUT2D eigenvalue weighted by molar-refractivity contribution is 7.07. The summed E-state index contributed by atoms with van der Waals surface area (Å²) in [6.07, 6.45) is 1.70. The number of nitrogens with zero attached hydrogens (tertiary/aromatic N) is 2. The lowest BCUT2D eigenvalue weighted by molar-refractivity contribution is -0.142. The highest BCUT2D eigenvalue weighted by Gasteiger charge is 2.65. The SMILES string of the molecule is O=CC1(NC(=O)[C@@H]2CCCN2C(=O)[C@@]2(NC(=O)c3ccccc3Cl)C[C@H]2c2cscn2)CC1C(=O)O. The monoisotopic (exact) mass is 530 g/mol. The number of thiazole rings is 1. The van der Waals surface area contributed by atoms with Crippen LogP contribution in [0.5, 0.6) is 0 Å². The van der Waals surface area contributed by atoms with Gasteiger partial charge in [0.25, 0.3) is 5.91 Å². The van der Waals surface area contributed by atoms with E-state index in [1.54, 1.807) is 29.8 Å². The molecule has 12 heteroatoms. The standard InChI is InChI=1S/C24H23ClN4O6S/c25-16-5-2-1-4-13(16)19(31)28-24(9-14(24)17-10-36-12-26-17)22(35)29-7-3-6-18(29)20(32)27-23(11-30)8-15(23)21(33)34/h1-2,4-5,10-12,14-15,18H,3,6-9H2,(H,27,32)(H,28,31)(H,33,34)/t14-,15?,18-,23?,24+/m0/s1. The Hall–Kier alpha value is -3.31. The third-order valence-electron chi connectivity index (χ3n) is 7.29. The molecule has 1 saturated heterocycles. The lowest BCUT2D eigenvalue weighted by Crippen LogP contribution is -2.57.